The maximum absolute atomic E-state index is 11.2. The second kappa shape index (κ2) is 7.91. The highest BCUT2D eigenvalue weighted by molar-refractivity contribution is 5.72. The van der Waals surface area contributed by atoms with Crippen molar-refractivity contribution in [1.29, 1.82) is 0 Å². The summed E-state index contributed by atoms with van der Waals surface area (Å²) < 4.78 is 1.78. The Hall–Kier alpha value is -3.02. The lowest BCUT2D eigenvalue weighted by atomic mass is 10.1. The first-order valence-corrected chi connectivity index (χ1v) is 8.77. The molecule has 0 fully saturated rings. The molecule has 3 aromatic rings. The molecule has 1 aromatic carbocycles. The van der Waals surface area contributed by atoms with Gasteiger partial charge in [0.1, 0.15) is 5.65 Å². The van der Waals surface area contributed by atoms with Crippen LogP contribution >= 0.6 is 0 Å². The zero-order valence-corrected chi connectivity index (χ0v) is 15.0. The Morgan fingerprint density at radius 1 is 1.19 bits per heavy atom. The zero-order valence-electron chi connectivity index (χ0n) is 15.0. The maximum atomic E-state index is 11.2. The lowest BCUT2D eigenvalue weighted by molar-refractivity contribution is -0.136. The average Bonchev–Trinajstić information content (AvgIpc) is 2.97. The molecule has 0 bridgehead atoms. The SMILES string of the molecule is CCCCc1ccc(N=Nc2c(CC(=O)O)nc3c(C)cccn23)cc1. The third kappa shape index (κ3) is 3.96. The van der Waals surface area contributed by atoms with E-state index in [1.807, 2.05) is 37.4 Å². The van der Waals surface area contributed by atoms with Gasteiger partial charge in [0.25, 0.3) is 0 Å². The molecule has 0 atom stereocenters. The molecule has 134 valence electrons. The van der Waals surface area contributed by atoms with Crippen molar-refractivity contribution in [2.24, 2.45) is 10.2 Å². The van der Waals surface area contributed by atoms with Crippen LogP contribution in [0, 0.1) is 6.92 Å². The summed E-state index contributed by atoms with van der Waals surface area (Å²) in [4.78, 5) is 15.6. The van der Waals surface area contributed by atoms with Gasteiger partial charge in [-0.05, 0) is 49.1 Å². The van der Waals surface area contributed by atoms with Crippen LogP contribution in [0.3, 0.4) is 0 Å². The van der Waals surface area contributed by atoms with Gasteiger partial charge in [-0.1, -0.05) is 31.5 Å². The standard InChI is InChI=1S/C20H22N4O2/c1-3-4-7-15-8-10-16(11-9-15)22-23-20-17(13-18(25)26)21-19-14(2)6-5-12-24(19)20/h5-6,8-12H,3-4,7,13H2,1-2H3,(H,25,26). The topological polar surface area (TPSA) is 79.3 Å². The van der Waals surface area contributed by atoms with Gasteiger partial charge in [0, 0.05) is 6.20 Å². The first-order chi connectivity index (χ1) is 12.6. The number of rotatable bonds is 7. The fourth-order valence-electron chi connectivity index (χ4n) is 2.82. The van der Waals surface area contributed by atoms with E-state index in [0.29, 0.717) is 17.2 Å². The Kier molecular flexibility index (Phi) is 5.41. The first kappa shape index (κ1) is 17.8. The quantitative estimate of drug-likeness (QED) is 0.607. The van der Waals surface area contributed by atoms with E-state index in [2.05, 4.69) is 34.3 Å². The highest BCUT2D eigenvalue weighted by Gasteiger charge is 2.15. The Morgan fingerprint density at radius 3 is 2.65 bits per heavy atom. The minimum absolute atomic E-state index is 0.189. The van der Waals surface area contributed by atoms with E-state index in [4.69, 9.17) is 5.11 Å². The van der Waals surface area contributed by atoms with Gasteiger partial charge in [0.2, 0.25) is 0 Å². The number of carboxylic acids is 1. The van der Waals surface area contributed by atoms with E-state index in [9.17, 15) is 4.79 Å². The van der Waals surface area contributed by atoms with Gasteiger partial charge < -0.3 is 5.11 Å². The average molecular weight is 350 g/mol. The molecule has 0 aliphatic heterocycles. The lowest BCUT2D eigenvalue weighted by Gasteiger charge is -2.01. The minimum Gasteiger partial charge on any atom is -0.481 e. The normalized spacial score (nSPS) is 11.5. The molecular weight excluding hydrogens is 328 g/mol. The molecule has 6 nitrogen and oxygen atoms in total. The molecule has 0 radical (unpaired) electrons. The van der Waals surface area contributed by atoms with Crippen molar-refractivity contribution in [3.8, 4) is 0 Å². The van der Waals surface area contributed by atoms with Crippen LogP contribution in [-0.4, -0.2) is 20.5 Å². The van der Waals surface area contributed by atoms with Gasteiger partial charge in [0.05, 0.1) is 17.8 Å². The van der Waals surface area contributed by atoms with E-state index in [0.717, 1.165) is 17.7 Å². The molecule has 0 aliphatic rings. The van der Waals surface area contributed by atoms with Gasteiger partial charge in [-0.3, -0.25) is 9.20 Å². The van der Waals surface area contributed by atoms with E-state index >= 15 is 0 Å². The summed E-state index contributed by atoms with van der Waals surface area (Å²) in [5, 5.41) is 17.8. The van der Waals surface area contributed by atoms with Crippen molar-refractivity contribution in [1.82, 2.24) is 9.38 Å². The number of fused-ring (bicyclic) bond motifs is 1. The molecule has 2 aromatic heterocycles. The fraction of sp³-hybridized carbons (Fsp3) is 0.300. The number of azo groups is 1. The van der Waals surface area contributed by atoms with Crippen LogP contribution in [0.1, 0.15) is 36.6 Å². The Balaban J connectivity index is 1.92. The van der Waals surface area contributed by atoms with Crippen LogP contribution in [-0.2, 0) is 17.6 Å². The predicted molar refractivity (Wildman–Crippen MR) is 100 cm³/mol. The predicted octanol–water partition coefficient (Wildman–Crippen LogP) is 5.03. The fourth-order valence-corrected chi connectivity index (χ4v) is 2.82. The third-order valence-electron chi connectivity index (χ3n) is 4.22. The number of hydrogen-bond acceptors (Lipinski definition) is 4. The first-order valence-electron chi connectivity index (χ1n) is 8.77. The lowest BCUT2D eigenvalue weighted by Crippen LogP contribution is -2.00. The number of carboxylic acid groups (broad SMARTS) is 1. The van der Waals surface area contributed by atoms with Crippen LogP contribution in [0.4, 0.5) is 11.5 Å². The molecule has 0 saturated carbocycles. The summed E-state index contributed by atoms with van der Waals surface area (Å²) in [7, 11) is 0. The number of imidazole rings is 1. The minimum atomic E-state index is -0.942. The molecule has 1 N–H and O–H groups in total. The van der Waals surface area contributed by atoms with Gasteiger partial charge in [-0.15, -0.1) is 10.2 Å². The number of unbranched alkanes of at least 4 members (excludes halogenated alkanes) is 1. The second-order valence-electron chi connectivity index (χ2n) is 6.31. The van der Waals surface area contributed by atoms with Crippen LogP contribution in [0.25, 0.3) is 5.65 Å². The number of pyridine rings is 1. The molecule has 26 heavy (non-hydrogen) atoms. The van der Waals surface area contributed by atoms with Crippen LogP contribution in [0.5, 0.6) is 0 Å². The zero-order chi connectivity index (χ0) is 18.5. The molecule has 2 heterocycles. The van der Waals surface area contributed by atoms with E-state index in [1.54, 1.807) is 4.40 Å². The van der Waals surface area contributed by atoms with Gasteiger partial charge >= 0.3 is 5.97 Å². The van der Waals surface area contributed by atoms with Crippen LogP contribution < -0.4 is 0 Å². The number of aromatic nitrogens is 2. The van der Waals surface area contributed by atoms with Gasteiger partial charge in [0.15, 0.2) is 5.82 Å². The number of hydrogen-bond donors (Lipinski definition) is 1. The monoisotopic (exact) mass is 350 g/mol. The third-order valence-corrected chi connectivity index (χ3v) is 4.22. The largest absolute Gasteiger partial charge is 0.481 e. The number of nitrogens with zero attached hydrogens (tertiary/aromatic N) is 4. The van der Waals surface area contributed by atoms with Crippen molar-refractivity contribution in [3.63, 3.8) is 0 Å². The molecule has 0 unspecified atom stereocenters. The van der Waals surface area contributed by atoms with Crippen molar-refractivity contribution in [2.45, 2.75) is 39.5 Å². The molecule has 0 spiro atoms. The number of aryl methyl sites for hydroxylation is 2. The van der Waals surface area contributed by atoms with E-state index in [1.165, 1.54) is 18.4 Å². The van der Waals surface area contributed by atoms with Crippen molar-refractivity contribution in [2.75, 3.05) is 0 Å². The number of carbonyl (C=O) groups is 1. The molecule has 3 rings (SSSR count). The summed E-state index contributed by atoms with van der Waals surface area (Å²) in [6, 6.07) is 11.8. The van der Waals surface area contributed by atoms with Crippen LogP contribution in [0.2, 0.25) is 0 Å². The Labute approximate surface area is 152 Å². The number of aliphatic carboxylic acids is 1. The molecule has 0 saturated heterocycles. The smallest absolute Gasteiger partial charge is 0.309 e. The van der Waals surface area contributed by atoms with Crippen molar-refractivity contribution < 1.29 is 9.90 Å². The Bertz CT molecular complexity index is 942. The summed E-state index contributed by atoms with van der Waals surface area (Å²) in [5.41, 5.74) is 4.08. The molecule has 6 heteroatoms. The maximum Gasteiger partial charge on any atom is 0.309 e. The summed E-state index contributed by atoms with van der Waals surface area (Å²) in [5.74, 6) is -0.482. The Morgan fingerprint density at radius 2 is 1.96 bits per heavy atom. The highest BCUT2D eigenvalue weighted by Crippen LogP contribution is 2.26. The summed E-state index contributed by atoms with van der Waals surface area (Å²) in [6.45, 7) is 4.11. The molecule has 0 amide bonds. The van der Waals surface area contributed by atoms with Crippen molar-refractivity contribution >= 4 is 23.1 Å². The van der Waals surface area contributed by atoms with Gasteiger partial charge in [-0.2, -0.15) is 0 Å². The van der Waals surface area contributed by atoms with E-state index in [-0.39, 0.29) is 6.42 Å². The van der Waals surface area contributed by atoms with Crippen LogP contribution in [0.15, 0.2) is 52.8 Å². The summed E-state index contributed by atoms with van der Waals surface area (Å²) >= 11 is 0. The van der Waals surface area contributed by atoms with Crippen molar-refractivity contribution in [3.05, 3.63) is 59.4 Å². The highest BCUT2D eigenvalue weighted by atomic mass is 16.4. The second-order valence-corrected chi connectivity index (χ2v) is 6.31. The summed E-state index contributed by atoms with van der Waals surface area (Å²) in [6.07, 6.45) is 5.03. The van der Waals surface area contributed by atoms with E-state index < -0.39 is 5.97 Å². The van der Waals surface area contributed by atoms with Gasteiger partial charge in [-0.25, -0.2) is 4.98 Å². The molecule has 0 aliphatic carbocycles. The number of benzene rings is 1. The molecular formula is C20H22N4O2.